The summed E-state index contributed by atoms with van der Waals surface area (Å²) >= 11 is 7.55. The second kappa shape index (κ2) is 10.7. The Labute approximate surface area is 202 Å². The van der Waals surface area contributed by atoms with Gasteiger partial charge in [-0.25, -0.2) is 14.6 Å². The number of carbonyl (C=O) groups is 1. The third-order valence-corrected chi connectivity index (χ3v) is 6.95. The van der Waals surface area contributed by atoms with Crippen LogP contribution in [0.4, 0.5) is 5.82 Å². The fraction of sp³-hybridized carbons (Fsp3) is 0.478. The third kappa shape index (κ3) is 5.10. The Bertz CT molecular complexity index is 1100. The van der Waals surface area contributed by atoms with Crippen LogP contribution in [-0.2, 0) is 21.5 Å². The van der Waals surface area contributed by atoms with Crippen molar-refractivity contribution < 1.29 is 9.53 Å². The maximum absolute atomic E-state index is 13.3. The molecule has 1 amide bonds. The Hall–Kier alpha value is -2.36. The van der Waals surface area contributed by atoms with Crippen molar-refractivity contribution >= 4 is 46.1 Å². The monoisotopic (exact) mass is 488 g/mol. The van der Waals surface area contributed by atoms with E-state index >= 15 is 0 Å². The van der Waals surface area contributed by atoms with E-state index in [-0.39, 0.29) is 5.91 Å². The van der Waals surface area contributed by atoms with E-state index in [1.54, 1.807) is 13.3 Å². The van der Waals surface area contributed by atoms with Gasteiger partial charge in [0.1, 0.15) is 5.82 Å². The number of nitrogens with one attached hydrogen (secondary N) is 2. The molecule has 3 aromatic rings. The van der Waals surface area contributed by atoms with Crippen LogP contribution in [0.25, 0.3) is 11.0 Å². The van der Waals surface area contributed by atoms with Crippen LogP contribution >= 0.6 is 23.4 Å². The van der Waals surface area contributed by atoms with E-state index in [2.05, 4.69) is 25.7 Å². The largest absolute Gasteiger partial charge is 0.383 e. The smallest absolute Gasteiger partial charge is 0.230 e. The summed E-state index contributed by atoms with van der Waals surface area (Å²) in [6, 6.07) is 7.68. The van der Waals surface area contributed by atoms with Crippen LogP contribution in [0.15, 0.2) is 35.6 Å². The van der Waals surface area contributed by atoms with E-state index in [9.17, 15) is 4.79 Å². The number of hydrogen-bond donors (Lipinski definition) is 2. The minimum atomic E-state index is -0.483. The molecule has 0 atom stereocenters. The Morgan fingerprint density at radius 1 is 1.21 bits per heavy atom. The molecule has 1 fully saturated rings. The normalized spacial score (nSPS) is 15.1. The minimum absolute atomic E-state index is 0.0696. The van der Waals surface area contributed by atoms with Gasteiger partial charge in [-0.2, -0.15) is 5.10 Å². The van der Waals surface area contributed by atoms with E-state index in [0.29, 0.717) is 36.4 Å². The van der Waals surface area contributed by atoms with Gasteiger partial charge in [0.15, 0.2) is 10.8 Å². The minimum Gasteiger partial charge on any atom is -0.383 e. The van der Waals surface area contributed by atoms with E-state index < -0.39 is 5.41 Å². The Morgan fingerprint density at radius 2 is 1.97 bits per heavy atom. The van der Waals surface area contributed by atoms with Crippen LogP contribution in [0.5, 0.6) is 0 Å². The number of nitrogens with zero attached hydrogens (tertiary/aromatic N) is 4. The fourth-order valence-electron chi connectivity index (χ4n) is 4.44. The summed E-state index contributed by atoms with van der Waals surface area (Å²) in [7, 11) is 1.67. The van der Waals surface area contributed by atoms with E-state index in [0.717, 1.165) is 48.1 Å². The lowest BCUT2D eigenvalue weighted by Crippen LogP contribution is -2.43. The summed E-state index contributed by atoms with van der Waals surface area (Å²) in [5.74, 6) is 0.810. The molecule has 10 heteroatoms. The molecule has 1 aliphatic rings. The predicted molar refractivity (Wildman–Crippen MR) is 132 cm³/mol. The van der Waals surface area contributed by atoms with Crippen molar-refractivity contribution in [2.24, 2.45) is 0 Å². The first kappa shape index (κ1) is 23.8. The van der Waals surface area contributed by atoms with Crippen molar-refractivity contribution in [3.05, 3.63) is 41.0 Å². The number of rotatable bonds is 10. The summed E-state index contributed by atoms with van der Waals surface area (Å²) in [6.07, 6.45) is 7.51. The van der Waals surface area contributed by atoms with Gasteiger partial charge in [-0.05, 0) is 36.8 Å². The molecule has 33 heavy (non-hydrogen) atoms. The molecule has 176 valence electrons. The van der Waals surface area contributed by atoms with Crippen LogP contribution in [0.3, 0.4) is 0 Å². The molecule has 1 saturated carbocycles. The van der Waals surface area contributed by atoms with Crippen LogP contribution in [0.2, 0.25) is 5.02 Å². The molecule has 0 bridgehead atoms. The molecule has 4 rings (SSSR count). The number of halogens is 1. The number of fused-ring (bicyclic) bond motifs is 1. The lowest BCUT2D eigenvalue weighted by Gasteiger charge is -2.28. The number of aromatic nitrogens is 4. The molecule has 1 aliphatic carbocycles. The number of benzene rings is 1. The molecular weight excluding hydrogens is 460 g/mol. The van der Waals surface area contributed by atoms with E-state index in [1.807, 2.05) is 35.2 Å². The van der Waals surface area contributed by atoms with Gasteiger partial charge in [0.25, 0.3) is 0 Å². The second-order valence-corrected chi connectivity index (χ2v) is 9.35. The predicted octanol–water partition coefficient (Wildman–Crippen LogP) is 3.89. The van der Waals surface area contributed by atoms with Crippen molar-refractivity contribution in [1.82, 2.24) is 25.1 Å². The second-order valence-electron chi connectivity index (χ2n) is 8.14. The number of hydrogen-bond acceptors (Lipinski definition) is 7. The fourth-order valence-corrected chi connectivity index (χ4v) is 4.92. The SMILES string of the molecule is COCCNc1nc(SC)nc2c1cnn2CCNC(=O)C1(c2ccc(Cl)cc2)CCCC1. The molecular formula is C23H29ClN6O2S. The molecule has 8 nitrogen and oxygen atoms in total. The highest BCUT2D eigenvalue weighted by Gasteiger charge is 2.42. The van der Waals surface area contributed by atoms with Gasteiger partial charge in [0, 0.05) is 25.2 Å². The van der Waals surface area contributed by atoms with Crippen molar-refractivity contribution in [2.45, 2.75) is 42.8 Å². The Morgan fingerprint density at radius 3 is 2.67 bits per heavy atom. The van der Waals surface area contributed by atoms with Gasteiger partial charge in [-0.1, -0.05) is 48.3 Å². The molecule has 0 saturated heterocycles. The van der Waals surface area contributed by atoms with Gasteiger partial charge in [-0.15, -0.1) is 0 Å². The molecule has 2 N–H and O–H groups in total. The van der Waals surface area contributed by atoms with Gasteiger partial charge < -0.3 is 15.4 Å². The van der Waals surface area contributed by atoms with Crippen molar-refractivity contribution in [3.8, 4) is 0 Å². The molecule has 1 aromatic carbocycles. The Kier molecular flexibility index (Phi) is 7.72. The standard InChI is InChI=1S/C23H29ClN6O2S/c1-32-14-12-25-19-18-15-27-30(20(18)29-22(28-19)33-2)13-11-26-21(31)23(9-3-4-10-23)16-5-7-17(24)8-6-16/h5-8,15H,3-4,9-14H2,1-2H3,(H,26,31)(H,25,28,29). The topological polar surface area (TPSA) is 94.0 Å². The van der Waals surface area contributed by atoms with Crippen molar-refractivity contribution in [1.29, 1.82) is 0 Å². The lowest BCUT2D eigenvalue weighted by atomic mass is 9.78. The van der Waals surface area contributed by atoms with Crippen LogP contribution in [0, 0.1) is 0 Å². The summed E-state index contributed by atoms with van der Waals surface area (Å²) in [4.78, 5) is 22.5. The summed E-state index contributed by atoms with van der Waals surface area (Å²) in [5.41, 5.74) is 1.30. The zero-order chi connectivity index (χ0) is 23.3. The quantitative estimate of drug-likeness (QED) is 0.254. The first-order chi connectivity index (χ1) is 16.1. The molecule has 0 spiro atoms. The number of thioether (sulfide) groups is 1. The Balaban J connectivity index is 1.47. The number of methoxy groups -OCH3 is 1. The van der Waals surface area contributed by atoms with Gasteiger partial charge in [0.05, 0.1) is 30.1 Å². The maximum Gasteiger partial charge on any atom is 0.230 e. The molecule has 2 heterocycles. The highest BCUT2D eigenvalue weighted by Crippen LogP contribution is 2.41. The number of anilines is 1. The summed E-state index contributed by atoms with van der Waals surface area (Å²) in [5, 5.41) is 13.2. The first-order valence-electron chi connectivity index (χ1n) is 11.1. The number of carbonyl (C=O) groups excluding carboxylic acids is 1. The first-order valence-corrected chi connectivity index (χ1v) is 12.7. The highest BCUT2D eigenvalue weighted by atomic mass is 35.5. The van der Waals surface area contributed by atoms with Gasteiger partial charge >= 0.3 is 0 Å². The molecule has 0 aliphatic heterocycles. The highest BCUT2D eigenvalue weighted by molar-refractivity contribution is 7.98. The van der Waals surface area contributed by atoms with E-state index in [4.69, 9.17) is 16.3 Å². The molecule has 0 radical (unpaired) electrons. The van der Waals surface area contributed by atoms with Gasteiger partial charge in [-0.3, -0.25) is 4.79 Å². The maximum atomic E-state index is 13.3. The van der Waals surface area contributed by atoms with Crippen molar-refractivity contribution in [2.75, 3.05) is 38.4 Å². The van der Waals surface area contributed by atoms with Crippen LogP contribution in [0.1, 0.15) is 31.2 Å². The van der Waals surface area contributed by atoms with Crippen LogP contribution in [-0.4, -0.2) is 58.7 Å². The summed E-state index contributed by atoms with van der Waals surface area (Å²) < 4.78 is 6.94. The van der Waals surface area contributed by atoms with Crippen LogP contribution < -0.4 is 10.6 Å². The molecule has 2 aromatic heterocycles. The summed E-state index contributed by atoms with van der Waals surface area (Å²) in [6.45, 7) is 2.21. The number of amides is 1. The van der Waals surface area contributed by atoms with E-state index in [1.165, 1.54) is 11.8 Å². The third-order valence-electron chi connectivity index (χ3n) is 6.15. The molecule has 0 unspecified atom stereocenters. The lowest BCUT2D eigenvalue weighted by molar-refractivity contribution is -0.126. The number of ether oxygens (including phenoxy) is 1. The zero-order valence-corrected chi connectivity index (χ0v) is 20.5. The average molecular weight is 489 g/mol. The average Bonchev–Trinajstić information content (AvgIpc) is 3.48. The van der Waals surface area contributed by atoms with Gasteiger partial charge in [0.2, 0.25) is 5.91 Å². The van der Waals surface area contributed by atoms with Crippen molar-refractivity contribution in [3.63, 3.8) is 0 Å². The zero-order valence-electron chi connectivity index (χ0n) is 18.9.